The predicted molar refractivity (Wildman–Crippen MR) is 106 cm³/mol. The van der Waals surface area contributed by atoms with Crippen molar-refractivity contribution < 1.29 is 14.2 Å². The minimum Gasteiger partial charge on any atom is -0.494 e. The Morgan fingerprint density at radius 3 is 2.37 bits per heavy atom. The molecular weight excluding hydrogens is 415 g/mol. The van der Waals surface area contributed by atoms with E-state index in [1.807, 2.05) is 24.3 Å². The van der Waals surface area contributed by atoms with E-state index in [4.69, 9.17) is 9.84 Å². The van der Waals surface area contributed by atoms with Crippen LogP contribution in [0.4, 0.5) is 27.5 Å². The second kappa shape index (κ2) is 9.29. The molecule has 0 aliphatic heterocycles. The Morgan fingerprint density at radius 2 is 1.67 bits per heavy atom. The molecule has 140 valence electrons. The molecule has 3 aromatic rings. The van der Waals surface area contributed by atoms with Crippen LogP contribution in [0.25, 0.3) is 0 Å². The monoisotopic (exact) mass is 432 g/mol. The Morgan fingerprint density at radius 1 is 1.00 bits per heavy atom. The normalized spacial score (nSPS) is 10.5. The van der Waals surface area contributed by atoms with Crippen molar-refractivity contribution in [3.05, 3.63) is 65.0 Å². The maximum Gasteiger partial charge on any atom is 0.229 e. The van der Waals surface area contributed by atoms with Crippen LogP contribution >= 0.6 is 15.9 Å². The molecule has 1 heterocycles. The molecule has 3 rings (SSSR count). The van der Waals surface area contributed by atoms with Crippen LogP contribution in [0.5, 0.6) is 5.75 Å². The van der Waals surface area contributed by atoms with Crippen LogP contribution in [-0.2, 0) is 0 Å². The molecule has 0 bridgehead atoms. The van der Waals surface area contributed by atoms with Crippen LogP contribution in [-0.4, -0.2) is 28.3 Å². The smallest absolute Gasteiger partial charge is 0.229 e. The molecule has 0 unspecified atom stereocenters. The Balaban J connectivity index is 1.67. The maximum absolute atomic E-state index is 13.0. The molecule has 0 saturated heterocycles. The van der Waals surface area contributed by atoms with E-state index in [1.165, 1.54) is 12.1 Å². The summed E-state index contributed by atoms with van der Waals surface area (Å²) in [5.41, 5.74) is 1.52. The number of hydrogen-bond donors (Lipinski definition) is 3. The van der Waals surface area contributed by atoms with Crippen molar-refractivity contribution >= 4 is 39.1 Å². The number of aromatic nitrogens is 2. The Hall–Kier alpha value is -2.71. The van der Waals surface area contributed by atoms with Gasteiger partial charge in [0, 0.05) is 30.6 Å². The molecule has 0 amide bonds. The number of aliphatic hydroxyl groups is 1. The van der Waals surface area contributed by atoms with Crippen molar-refractivity contribution in [1.82, 2.24) is 9.97 Å². The number of ether oxygens (including phenoxy) is 1. The zero-order valence-corrected chi connectivity index (χ0v) is 15.9. The summed E-state index contributed by atoms with van der Waals surface area (Å²) in [6.45, 7) is 0.576. The summed E-state index contributed by atoms with van der Waals surface area (Å²) in [4.78, 5) is 8.68. The van der Waals surface area contributed by atoms with E-state index in [0.29, 0.717) is 35.0 Å². The predicted octanol–water partition coefficient (Wildman–Crippen LogP) is 4.63. The lowest BCUT2D eigenvalue weighted by molar-refractivity contribution is 0.233. The van der Waals surface area contributed by atoms with Gasteiger partial charge in [0.15, 0.2) is 0 Å². The third kappa shape index (κ3) is 5.63. The zero-order valence-electron chi connectivity index (χ0n) is 14.3. The maximum atomic E-state index is 13.0. The van der Waals surface area contributed by atoms with Gasteiger partial charge in [0.05, 0.1) is 11.1 Å². The first-order valence-electron chi connectivity index (χ1n) is 8.30. The lowest BCUT2D eigenvalue weighted by Gasteiger charge is -2.11. The van der Waals surface area contributed by atoms with E-state index in [9.17, 15) is 4.39 Å². The first kappa shape index (κ1) is 19.1. The largest absolute Gasteiger partial charge is 0.494 e. The van der Waals surface area contributed by atoms with Gasteiger partial charge in [-0.1, -0.05) is 0 Å². The van der Waals surface area contributed by atoms with Gasteiger partial charge in [-0.15, -0.1) is 0 Å². The summed E-state index contributed by atoms with van der Waals surface area (Å²) in [6, 6.07) is 13.4. The first-order valence-corrected chi connectivity index (χ1v) is 9.09. The van der Waals surface area contributed by atoms with E-state index in [0.717, 1.165) is 11.4 Å². The molecule has 0 aliphatic carbocycles. The molecule has 0 radical (unpaired) electrons. The molecule has 6 nitrogen and oxygen atoms in total. The molecule has 0 atom stereocenters. The lowest BCUT2D eigenvalue weighted by Crippen LogP contribution is -2.02. The van der Waals surface area contributed by atoms with E-state index < -0.39 is 0 Å². The summed E-state index contributed by atoms with van der Waals surface area (Å²) >= 11 is 3.40. The molecule has 2 aromatic carbocycles. The number of anilines is 4. The third-order valence-corrected chi connectivity index (χ3v) is 4.11. The number of rotatable bonds is 8. The quantitative estimate of drug-likeness (QED) is 0.450. The second-order valence-corrected chi connectivity index (χ2v) is 6.45. The zero-order chi connectivity index (χ0) is 19.1. The summed E-state index contributed by atoms with van der Waals surface area (Å²) in [5.74, 6) is 1.40. The van der Waals surface area contributed by atoms with Gasteiger partial charge in [0.25, 0.3) is 0 Å². The van der Waals surface area contributed by atoms with Crippen LogP contribution < -0.4 is 15.4 Å². The second-order valence-electron chi connectivity index (χ2n) is 5.60. The molecule has 27 heavy (non-hydrogen) atoms. The Bertz CT molecular complexity index is 876. The molecule has 0 fully saturated rings. The van der Waals surface area contributed by atoms with Crippen LogP contribution in [0.3, 0.4) is 0 Å². The van der Waals surface area contributed by atoms with Gasteiger partial charge in [-0.2, -0.15) is 4.98 Å². The van der Waals surface area contributed by atoms with Crippen molar-refractivity contribution in [3.8, 4) is 5.75 Å². The molecule has 1 aromatic heterocycles. The van der Waals surface area contributed by atoms with Crippen molar-refractivity contribution in [2.24, 2.45) is 0 Å². The number of nitrogens with one attached hydrogen (secondary N) is 2. The summed E-state index contributed by atoms with van der Waals surface area (Å²) in [5, 5.41) is 15.0. The number of halogens is 2. The standard InChI is InChI=1S/C19H18BrFN4O2/c20-17-12-22-19(25-18(17)23-14-4-2-13(21)3-5-14)24-15-6-8-16(9-7-15)27-11-1-10-26/h2-9,12,26H,1,10-11H2,(H2,22,23,24,25). The molecule has 0 saturated carbocycles. The highest BCUT2D eigenvalue weighted by Gasteiger charge is 2.07. The van der Waals surface area contributed by atoms with Crippen molar-refractivity contribution in [1.29, 1.82) is 0 Å². The highest BCUT2D eigenvalue weighted by Crippen LogP contribution is 2.26. The Labute approximate surface area is 164 Å². The third-order valence-electron chi connectivity index (χ3n) is 3.53. The van der Waals surface area contributed by atoms with Gasteiger partial charge in [-0.25, -0.2) is 9.37 Å². The average Bonchev–Trinajstić information content (AvgIpc) is 2.68. The summed E-state index contributed by atoms with van der Waals surface area (Å²) < 4.78 is 19.2. The first-order chi connectivity index (χ1) is 13.1. The molecular formula is C19H18BrFN4O2. The van der Waals surface area contributed by atoms with Crippen LogP contribution in [0.2, 0.25) is 0 Å². The van der Waals surface area contributed by atoms with Crippen molar-refractivity contribution in [2.45, 2.75) is 6.42 Å². The number of aliphatic hydroxyl groups excluding tert-OH is 1. The van der Waals surface area contributed by atoms with E-state index in [-0.39, 0.29) is 12.4 Å². The molecule has 0 spiro atoms. The average molecular weight is 433 g/mol. The molecule has 8 heteroatoms. The Kier molecular flexibility index (Phi) is 6.56. The SMILES string of the molecule is OCCCOc1ccc(Nc2ncc(Br)c(Nc3ccc(F)cc3)n2)cc1. The van der Waals surface area contributed by atoms with E-state index >= 15 is 0 Å². The van der Waals surface area contributed by atoms with E-state index in [2.05, 4.69) is 36.5 Å². The minimum absolute atomic E-state index is 0.106. The van der Waals surface area contributed by atoms with Gasteiger partial charge < -0.3 is 20.5 Å². The minimum atomic E-state index is -0.298. The number of benzene rings is 2. The molecule has 3 N–H and O–H groups in total. The fourth-order valence-electron chi connectivity index (χ4n) is 2.20. The van der Waals surface area contributed by atoms with Crippen molar-refractivity contribution in [2.75, 3.05) is 23.8 Å². The van der Waals surface area contributed by atoms with Crippen LogP contribution in [0, 0.1) is 5.82 Å². The van der Waals surface area contributed by atoms with Gasteiger partial charge in [0.2, 0.25) is 5.95 Å². The molecule has 0 aliphatic rings. The van der Waals surface area contributed by atoms with Gasteiger partial charge >= 0.3 is 0 Å². The highest BCUT2D eigenvalue weighted by atomic mass is 79.9. The fraction of sp³-hybridized carbons (Fsp3) is 0.158. The van der Waals surface area contributed by atoms with E-state index in [1.54, 1.807) is 18.3 Å². The summed E-state index contributed by atoms with van der Waals surface area (Å²) in [7, 11) is 0. The van der Waals surface area contributed by atoms with Gasteiger partial charge in [-0.3, -0.25) is 0 Å². The lowest BCUT2D eigenvalue weighted by atomic mass is 10.3. The van der Waals surface area contributed by atoms with Crippen LogP contribution in [0.15, 0.2) is 59.2 Å². The van der Waals surface area contributed by atoms with Crippen molar-refractivity contribution in [3.63, 3.8) is 0 Å². The number of hydrogen-bond acceptors (Lipinski definition) is 6. The number of nitrogens with zero attached hydrogens (tertiary/aromatic N) is 2. The topological polar surface area (TPSA) is 79.3 Å². The fourth-order valence-corrected chi connectivity index (χ4v) is 2.49. The van der Waals surface area contributed by atoms with Gasteiger partial charge in [-0.05, 0) is 64.5 Å². The summed E-state index contributed by atoms with van der Waals surface area (Å²) in [6.07, 6.45) is 2.23. The highest BCUT2D eigenvalue weighted by molar-refractivity contribution is 9.10. The van der Waals surface area contributed by atoms with Crippen LogP contribution in [0.1, 0.15) is 6.42 Å². The van der Waals surface area contributed by atoms with Gasteiger partial charge in [0.1, 0.15) is 17.4 Å².